The van der Waals surface area contributed by atoms with Crippen LogP contribution in [-0.4, -0.2) is 39.1 Å². The fourth-order valence-corrected chi connectivity index (χ4v) is 2.61. The number of carbonyl (C=O) groups is 2. The van der Waals surface area contributed by atoms with Gasteiger partial charge in [-0.15, -0.1) is 0 Å². The molecule has 1 aromatic heterocycles. The molecule has 1 unspecified atom stereocenters. The Bertz CT molecular complexity index is 754. The number of hydrogen-bond acceptors (Lipinski definition) is 4. The van der Waals surface area contributed by atoms with Crippen LogP contribution in [0.5, 0.6) is 0 Å². The van der Waals surface area contributed by atoms with Crippen LogP contribution in [0.1, 0.15) is 30.3 Å². The normalized spacial score (nSPS) is 15.2. The van der Waals surface area contributed by atoms with Crippen molar-refractivity contribution in [3.63, 3.8) is 0 Å². The third-order valence-corrected chi connectivity index (χ3v) is 4.02. The lowest BCUT2D eigenvalue weighted by Gasteiger charge is -2.25. The minimum atomic E-state index is -1.04. The summed E-state index contributed by atoms with van der Waals surface area (Å²) in [5, 5.41) is 13.5. The lowest BCUT2D eigenvalue weighted by atomic mass is 10.1. The molecule has 0 bridgehead atoms. The Kier molecular flexibility index (Phi) is 4.09. The van der Waals surface area contributed by atoms with E-state index in [1.807, 2.05) is 0 Å². The molecule has 1 atom stereocenters. The Morgan fingerprint density at radius 3 is 2.74 bits per heavy atom. The van der Waals surface area contributed by atoms with Crippen molar-refractivity contribution in [1.82, 2.24) is 10.1 Å². The highest BCUT2D eigenvalue weighted by Gasteiger charge is 2.39. The Morgan fingerprint density at radius 1 is 1.39 bits per heavy atom. The van der Waals surface area contributed by atoms with E-state index in [0.29, 0.717) is 16.3 Å². The summed E-state index contributed by atoms with van der Waals surface area (Å²) in [5.41, 5.74) is 0.799. The summed E-state index contributed by atoms with van der Waals surface area (Å²) in [6.45, 7) is 1.50. The Labute approximate surface area is 137 Å². The fraction of sp³-hybridized carbons (Fsp3) is 0.312. The summed E-state index contributed by atoms with van der Waals surface area (Å²) in [6.07, 6.45) is 1.62. The lowest BCUT2D eigenvalue weighted by molar-refractivity contribution is -0.141. The summed E-state index contributed by atoms with van der Waals surface area (Å²) in [6, 6.07) is 7.56. The molecule has 0 aliphatic heterocycles. The number of carboxylic acid groups (broad SMARTS) is 1. The Morgan fingerprint density at radius 2 is 2.13 bits per heavy atom. The summed E-state index contributed by atoms with van der Waals surface area (Å²) in [7, 11) is 0. The first-order valence-electron chi connectivity index (χ1n) is 7.25. The van der Waals surface area contributed by atoms with Crippen molar-refractivity contribution >= 4 is 23.5 Å². The molecule has 1 heterocycles. The maximum absolute atomic E-state index is 12.6. The van der Waals surface area contributed by atoms with Crippen molar-refractivity contribution < 1.29 is 19.2 Å². The fourth-order valence-electron chi connectivity index (χ4n) is 2.42. The van der Waals surface area contributed by atoms with E-state index in [0.717, 1.165) is 12.8 Å². The summed E-state index contributed by atoms with van der Waals surface area (Å²) in [4.78, 5) is 25.2. The molecule has 7 heteroatoms. The number of carbonyl (C=O) groups excluding carboxylic acids is 1. The molecular weight excluding hydrogens is 320 g/mol. The maximum Gasteiger partial charge on any atom is 0.326 e. The van der Waals surface area contributed by atoms with Crippen LogP contribution in [-0.2, 0) is 4.79 Å². The number of rotatable bonds is 5. The van der Waals surface area contributed by atoms with Gasteiger partial charge in [-0.3, -0.25) is 4.79 Å². The van der Waals surface area contributed by atoms with Gasteiger partial charge < -0.3 is 14.5 Å². The lowest BCUT2D eigenvalue weighted by Crippen LogP contribution is -2.44. The SMILES string of the molecule is CC(C(=O)O)N(C(=O)c1cc(-c2cccc(Cl)c2)on1)C1CC1. The van der Waals surface area contributed by atoms with E-state index >= 15 is 0 Å². The summed E-state index contributed by atoms with van der Waals surface area (Å²) >= 11 is 5.94. The first-order valence-corrected chi connectivity index (χ1v) is 7.63. The highest BCUT2D eigenvalue weighted by Crippen LogP contribution is 2.31. The monoisotopic (exact) mass is 334 g/mol. The van der Waals surface area contributed by atoms with Crippen molar-refractivity contribution in [3.05, 3.63) is 41.0 Å². The third-order valence-electron chi connectivity index (χ3n) is 3.79. The molecule has 1 N–H and O–H groups in total. The number of benzene rings is 1. The van der Waals surface area contributed by atoms with Crippen LogP contribution in [0, 0.1) is 0 Å². The topological polar surface area (TPSA) is 83.6 Å². The summed E-state index contributed by atoms with van der Waals surface area (Å²) in [5.74, 6) is -1.06. The molecule has 6 nitrogen and oxygen atoms in total. The molecular formula is C16H15ClN2O4. The minimum absolute atomic E-state index is 0.0417. The van der Waals surface area contributed by atoms with Crippen LogP contribution in [0.4, 0.5) is 0 Å². The van der Waals surface area contributed by atoms with E-state index < -0.39 is 17.9 Å². The first-order chi connectivity index (χ1) is 11.0. The highest BCUT2D eigenvalue weighted by atomic mass is 35.5. The molecule has 23 heavy (non-hydrogen) atoms. The van der Waals surface area contributed by atoms with Crippen LogP contribution < -0.4 is 0 Å². The molecule has 1 saturated carbocycles. The standard InChI is InChI=1S/C16H15ClN2O4/c1-9(16(21)22)19(12-5-6-12)15(20)13-8-14(23-18-13)10-3-2-4-11(17)7-10/h2-4,7-9,12H,5-6H2,1H3,(H,21,22). The molecule has 1 fully saturated rings. The average Bonchev–Trinajstić information content (AvgIpc) is 3.22. The first kappa shape index (κ1) is 15.6. The van der Waals surface area contributed by atoms with E-state index in [4.69, 9.17) is 16.1 Å². The van der Waals surface area contributed by atoms with E-state index in [1.54, 1.807) is 24.3 Å². The molecule has 1 amide bonds. The molecule has 0 spiro atoms. The second-order valence-electron chi connectivity index (χ2n) is 5.54. The van der Waals surface area contributed by atoms with E-state index in [-0.39, 0.29) is 11.7 Å². The van der Waals surface area contributed by atoms with Gasteiger partial charge in [0.1, 0.15) is 6.04 Å². The molecule has 1 aliphatic carbocycles. The number of nitrogens with zero attached hydrogens (tertiary/aromatic N) is 2. The van der Waals surface area contributed by atoms with E-state index in [9.17, 15) is 14.7 Å². The molecule has 1 aromatic carbocycles. The largest absolute Gasteiger partial charge is 0.480 e. The number of halogens is 1. The van der Waals surface area contributed by atoms with Gasteiger partial charge in [0.25, 0.3) is 5.91 Å². The highest BCUT2D eigenvalue weighted by molar-refractivity contribution is 6.30. The molecule has 1 aliphatic rings. The molecule has 3 rings (SSSR count). The number of aromatic nitrogens is 1. The van der Waals surface area contributed by atoms with Crippen LogP contribution >= 0.6 is 11.6 Å². The quantitative estimate of drug-likeness (QED) is 0.908. The maximum atomic E-state index is 12.6. The average molecular weight is 335 g/mol. The van der Waals surface area contributed by atoms with Crippen molar-refractivity contribution in [3.8, 4) is 11.3 Å². The van der Waals surface area contributed by atoms with Gasteiger partial charge in [-0.25, -0.2) is 4.79 Å². The van der Waals surface area contributed by atoms with Gasteiger partial charge in [0, 0.05) is 22.7 Å². The number of carboxylic acids is 1. The van der Waals surface area contributed by atoms with Crippen molar-refractivity contribution in [2.45, 2.75) is 31.8 Å². The van der Waals surface area contributed by atoms with Crippen molar-refractivity contribution in [2.24, 2.45) is 0 Å². The van der Waals surface area contributed by atoms with Gasteiger partial charge in [0.15, 0.2) is 11.5 Å². The second kappa shape index (κ2) is 6.04. The zero-order valence-corrected chi connectivity index (χ0v) is 13.2. The zero-order valence-electron chi connectivity index (χ0n) is 12.4. The van der Waals surface area contributed by atoms with Gasteiger partial charge in [-0.2, -0.15) is 0 Å². The van der Waals surface area contributed by atoms with E-state index in [2.05, 4.69) is 5.16 Å². The number of amides is 1. The van der Waals surface area contributed by atoms with Crippen LogP contribution in [0.15, 0.2) is 34.9 Å². The zero-order chi connectivity index (χ0) is 16.6. The minimum Gasteiger partial charge on any atom is -0.480 e. The van der Waals surface area contributed by atoms with Gasteiger partial charge in [0.2, 0.25) is 0 Å². The second-order valence-corrected chi connectivity index (χ2v) is 5.98. The number of aliphatic carboxylic acids is 1. The molecule has 2 aromatic rings. The Hall–Kier alpha value is -2.34. The van der Waals surface area contributed by atoms with Gasteiger partial charge in [-0.05, 0) is 31.9 Å². The van der Waals surface area contributed by atoms with E-state index in [1.165, 1.54) is 17.9 Å². The van der Waals surface area contributed by atoms with Gasteiger partial charge in [0.05, 0.1) is 0 Å². The van der Waals surface area contributed by atoms with Crippen LogP contribution in [0.25, 0.3) is 11.3 Å². The molecule has 0 radical (unpaired) electrons. The van der Waals surface area contributed by atoms with Gasteiger partial charge >= 0.3 is 5.97 Å². The molecule has 120 valence electrons. The van der Waals surface area contributed by atoms with Gasteiger partial charge in [-0.1, -0.05) is 28.9 Å². The van der Waals surface area contributed by atoms with Crippen LogP contribution in [0.3, 0.4) is 0 Å². The smallest absolute Gasteiger partial charge is 0.326 e. The predicted octanol–water partition coefficient (Wildman–Crippen LogP) is 3.07. The number of hydrogen-bond donors (Lipinski definition) is 1. The predicted molar refractivity (Wildman–Crippen MR) is 83.2 cm³/mol. The summed E-state index contributed by atoms with van der Waals surface area (Å²) < 4.78 is 5.21. The van der Waals surface area contributed by atoms with Crippen molar-refractivity contribution in [1.29, 1.82) is 0 Å². The third kappa shape index (κ3) is 3.22. The van der Waals surface area contributed by atoms with Crippen molar-refractivity contribution in [2.75, 3.05) is 0 Å². The Balaban J connectivity index is 1.86. The molecule has 0 saturated heterocycles. The van der Waals surface area contributed by atoms with Crippen LogP contribution in [0.2, 0.25) is 5.02 Å².